The number of phenols is 1. The minimum Gasteiger partial charge on any atom is -0.507 e. The highest BCUT2D eigenvalue weighted by Crippen LogP contribution is 2.58. The summed E-state index contributed by atoms with van der Waals surface area (Å²) in [4.78, 5) is 19.1. The summed E-state index contributed by atoms with van der Waals surface area (Å²) in [7, 11) is 0. The summed E-state index contributed by atoms with van der Waals surface area (Å²) in [5.41, 5.74) is 4.66. The second-order valence-corrected chi connectivity index (χ2v) is 11.6. The van der Waals surface area contributed by atoms with Gasteiger partial charge in [0, 0.05) is 77.5 Å². The summed E-state index contributed by atoms with van der Waals surface area (Å²) < 4.78 is 6.78. The van der Waals surface area contributed by atoms with Crippen LogP contribution in [0.5, 0.6) is 17.2 Å². The molecule has 5 aromatic carbocycles. The van der Waals surface area contributed by atoms with Crippen molar-refractivity contribution < 1.29 is 14.6 Å². The fourth-order valence-corrected chi connectivity index (χ4v) is 7.18. The molecule has 232 valence electrons. The third-order valence-corrected chi connectivity index (χ3v) is 9.49. The van der Waals surface area contributed by atoms with E-state index < -0.39 is 5.54 Å². The Balaban J connectivity index is 1.51. The summed E-state index contributed by atoms with van der Waals surface area (Å²) in [5.74, 6) is 1.25. The van der Waals surface area contributed by atoms with Gasteiger partial charge in [-0.2, -0.15) is 5.10 Å². The number of hydrogen-bond acceptors (Lipinski definition) is 6. The fraction of sp³-hybridized carbons (Fsp3) is 0.231. The zero-order valence-electron chi connectivity index (χ0n) is 26.7. The standard InChI is InChI=1S/C39H38N4O3/c1-5-41(6-2)27-18-20-33-36(23-27)46-37-24-28(42(7-3)8-4)19-21-34(37)39(33)32-16-12-11-15-30(32)38(45)43(39)40-25-31-29-14-10-9-13-26(29)17-22-35(31)44/h9-25,44H,5-8H2,1-4H3/b40-25+. The van der Waals surface area contributed by atoms with Crippen molar-refractivity contribution in [2.45, 2.75) is 33.2 Å². The van der Waals surface area contributed by atoms with Crippen LogP contribution in [0.4, 0.5) is 11.4 Å². The molecule has 0 atom stereocenters. The fourth-order valence-electron chi connectivity index (χ4n) is 7.18. The lowest BCUT2D eigenvalue weighted by Gasteiger charge is -2.42. The molecule has 0 aliphatic carbocycles. The van der Waals surface area contributed by atoms with Crippen molar-refractivity contribution in [3.63, 3.8) is 0 Å². The van der Waals surface area contributed by atoms with Gasteiger partial charge in [-0.15, -0.1) is 0 Å². The predicted octanol–water partition coefficient (Wildman–Crippen LogP) is 8.13. The smallest absolute Gasteiger partial charge is 0.275 e. The minimum atomic E-state index is -1.10. The number of fused-ring (bicyclic) bond motifs is 7. The van der Waals surface area contributed by atoms with Crippen LogP contribution in [0.15, 0.2) is 102 Å². The summed E-state index contributed by atoms with van der Waals surface area (Å²) >= 11 is 0. The van der Waals surface area contributed by atoms with Crippen LogP contribution < -0.4 is 14.5 Å². The van der Waals surface area contributed by atoms with Crippen LogP contribution >= 0.6 is 0 Å². The van der Waals surface area contributed by atoms with E-state index in [4.69, 9.17) is 9.84 Å². The molecule has 1 spiro atoms. The summed E-state index contributed by atoms with van der Waals surface area (Å²) in [5, 5.41) is 19.4. The Morgan fingerprint density at radius 2 is 1.33 bits per heavy atom. The number of rotatable bonds is 8. The number of hydrazone groups is 1. The van der Waals surface area contributed by atoms with E-state index in [0.717, 1.165) is 65.0 Å². The Labute approximate surface area is 270 Å². The normalized spacial score (nSPS) is 14.3. The number of amides is 1. The zero-order valence-corrected chi connectivity index (χ0v) is 26.7. The highest BCUT2D eigenvalue weighted by atomic mass is 16.5. The first-order valence-corrected chi connectivity index (χ1v) is 16.1. The molecular weight excluding hydrogens is 572 g/mol. The number of nitrogens with zero attached hydrogens (tertiary/aromatic N) is 4. The highest BCUT2D eigenvalue weighted by molar-refractivity contribution is 6.05. The van der Waals surface area contributed by atoms with E-state index in [1.165, 1.54) is 0 Å². The monoisotopic (exact) mass is 610 g/mol. The quantitative estimate of drug-likeness (QED) is 0.180. The number of hydrogen-bond donors (Lipinski definition) is 1. The van der Waals surface area contributed by atoms with Gasteiger partial charge in [0.1, 0.15) is 22.8 Å². The molecule has 2 heterocycles. The predicted molar refractivity (Wildman–Crippen MR) is 186 cm³/mol. The van der Waals surface area contributed by atoms with Crippen molar-refractivity contribution in [2.75, 3.05) is 36.0 Å². The molecule has 0 fully saturated rings. The van der Waals surface area contributed by atoms with Crippen molar-refractivity contribution in [3.8, 4) is 17.2 Å². The van der Waals surface area contributed by atoms with E-state index in [9.17, 15) is 9.90 Å². The maximum atomic E-state index is 14.5. The molecule has 0 bridgehead atoms. The van der Waals surface area contributed by atoms with Crippen LogP contribution in [0.25, 0.3) is 10.8 Å². The first kappa shape index (κ1) is 29.4. The average Bonchev–Trinajstić information content (AvgIpc) is 3.33. The second-order valence-electron chi connectivity index (χ2n) is 11.6. The molecule has 2 aliphatic heterocycles. The van der Waals surface area contributed by atoms with E-state index in [-0.39, 0.29) is 11.7 Å². The van der Waals surface area contributed by atoms with E-state index in [0.29, 0.717) is 22.6 Å². The summed E-state index contributed by atoms with van der Waals surface area (Å²) in [6.45, 7) is 12.0. The van der Waals surface area contributed by atoms with Gasteiger partial charge in [0.15, 0.2) is 0 Å². The Morgan fingerprint density at radius 1 is 0.739 bits per heavy atom. The minimum absolute atomic E-state index is 0.0983. The van der Waals surface area contributed by atoms with Gasteiger partial charge in [0.05, 0.1) is 6.21 Å². The zero-order chi connectivity index (χ0) is 32.0. The van der Waals surface area contributed by atoms with E-state index in [2.05, 4.69) is 73.9 Å². The molecule has 0 saturated heterocycles. The number of carbonyl (C=O) groups excluding carboxylic acids is 1. The lowest BCUT2D eigenvalue weighted by atomic mass is 9.75. The van der Waals surface area contributed by atoms with Gasteiger partial charge < -0.3 is 19.6 Å². The molecule has 46 heavy (non-hydrogen) atoms. The van der Waals surface area contributed by atoms with Gasteiger partial charge in [-0.25, -0.2) is 5.01 Å². The largest absolute Gasteiger partial charge is 0.507 e. The number of carbonyl (C=O) groups is 1. The van der Waals surface area contributed by atoms with Crippen LogP contribution in [0.3, 0.4) is 0 Å². The molecule has 1 amide bonds. The van der Waals surface area contributed by atoms with Gasteiger partial charge >= 0.3 is 0 Å². The van der Waals surface area contributed by atoms with Crippen LogP contribution in [0, 0.1) is 0 Å². The van der Waals surface area contributed by atoms with Crippen LogP contribution in [0.2, 0.25) is 0 Å². The Kier molecular flexibility index (Phi) is 7.40. The van der Waals surface area contributed by atoms with Gasteiger partial charge in [-0.1, -0.05) is 60.7 Å². The van der Waals surface area contributed by atoms with Gasteiger partial charge in [0.2, 0.25) is 0 Å². The van der Waals surface area contributed by atoms with Crippen LogP contribution in [-0.2, 0) is 5.54 Å². The van der Waals surface area contributed by atoms with Crippen molar-refractivity contribution >= 4 is 34.3 Å². The SMILES string of the molecule is CCN(CC)c1ccc2c(c1)Oc1cc(N(CC)CC)ccc1C21c2ccccc2C(=O)N1/N=C/c1c(O)ccc2ccccc12. The van der Waals surface area contributed by atoms with Crippen molar-refractivity contribution in [1.82, 2.24) is 5.01 Å². The Morgan fingerprint density at radius 3 is 1.96 bits per heavy atom. The van der Waals surface area contributed by atoms with Crippen molar-refractivity contribution in [2.24, 2.45) is 5.10 Å². The van der Waals surface area contributed by atoms with E-state index in [1.807, 2.05) is 54.6 Å². The molecule has 7 nitrogen and oxygen atoms in total. The molecule has 1 N–H and O–H groups in total. The third-order valence-electron chi connectivity index (χ3n) is 9.49. The molecule has 0 unspecified atom stereocenters. The average molecular weight is 611 g/mol. The lowest BCUT2D eigenvalue weighted by Crippen LogP contribution is -2.44. The number of phenolic OH excluding ortho intramolecular Hbond substituents is 1. The molecule has 0 aromatic heterocycles. The highest BCUT2D eigenvalue weighted by Gasteiger charge is 2.57. The molecule has 0 saturated carbocycles. The third kappa shape index (κ3) is 4.33. The summed E-state index contributed by atoms with van der Waals surface area (Å²) in [6, 6.07) is 31.7. The molecule has 7 rings (SSSR count). The second kappa shape index (κ2) is 11.6. The lowest BCUT2D eigenvalue weighted by molar-refractivity contribution is 0.0675. The topological polar surface area (TPSA) is 68.6 Å². The van der Waals surface area contributed by atoms with Gasteiger partial charge in [-0.3, -0.25) is 4.79 Å². The maximum Gasteiger partial charge on any atom is 0.275 e. The molecule has 5 aromatic rings. The number of benzene rings is 5. The summed E-state index contributed by atoms with van der Waals surface area (Å²) in [6.07, 6.45) is 1.62. The number of ether oxygens (including phenoxy) is 1. The maximum absolute atomic E-state index is 14.5. The van der Waals surface area contributed by atoms with E-state index >= 15 is 0 Å². The first-order chi connectivity index (χ1) is 22.5. The van der Waals surface area contributed by atoms with Crippen molar-refractivity contribution in [3.05, 3.63) is 125 Å². The first-order valence-electron chi connectivity index (χ1n) is 16.1. The Bertz CT molecular complexity index is 1930. The van der Waals surface area contributed by atoms with Crippen LogP contribution in [0.1, 0.15) is 60.3 Å². The van der Waals surface area contributed by atoms with Gasteiger partial charge in [-0.05, 0) is 62.7 Å². The molecule has 2 aliphatic rings. The molecular formula is C39H38N4O3. The van der Waals surface area contributed by atoms with E-state index in [1.54, 1.807) is 17.3 Å². The number of anilines is 2. The Hall–Kier alpha value is -5.30. The molecule has 7 heteroatoms. The molecule has 0 radical (unpaired) electrons. The number of aromatic hydroxyl groups is 1. The van der Waals surface area contributed by atoms with Crippen LogP contribution in [-0.4, -0.2) is 48.4 Å². The van der Waals surface area contributed by atoms with Gasteiger partial charge in [0.25, 0.3) is 5.91 Å². The van der Waals surface area contributed by atoms with Crippen molar-refractivity contribution in [1.29, 1.82) is 0 Å².